The van der Waals surface area contributed by atoms with E-state index < -0.39 is 5.60 Å². The van der Waals surface area contributed by atoms with E-state index in [2.05, 4.69) is 4.98 Å². The first kappa shape index (κ1) is 14.5. The summed E-state index contributed by atoms with van der Waals surface area (Å²) in [4.78, 5) is 16.6. The topological polar surface area (TPSA) is 39.2 Å². The van der Waals surface area contributed by atoms with Gasteiger partial charge in [-0.25, -0.2) is 0 Å². The maximum Gasteiger partial charge on any atom is 0.207 e. The smallest absolute Gasteiger partial charge is 0.207 e. The lowest BCUT2D eigenvalue weighted by Crippen LogP contribution is -2.41. The number of carbonyl (C=O) groups excluding carboxylic acids is 1. The minimum atomic E-state index is -0.920. The molecule has 0 amide bonds. The molecule has 0 radical (unpaired) electrons. The number of ketones is 1. The summed E-state index contributed by atoms with van der Waals surface area (Å²) in [7, 11) is 0. The second kappa shape index (κ2) is 6.06. The van der Waals surface area contributed by atoms with Crippen LogP contribution in [0.4, 0.5) is 0 Å². The van der Waals surface area contributed by atoms with Crippen molar-refractivity contribution in [2.24, 2.45) is 0 Å². The molecule has 2 rings (SSSR count). The quantitative estimate of drug-likeness (QED) is 0.776. The molecule has 0 saturated heterocycles. The predicted molar refractivity (Wildman–Crippen MR) is 79.3 cm³/mol. The molecule has 104 valence electrons. The molecule has 1 unspecified atom stereocenters. The summed E-state index contributed by atoms with van der Waals surface area (Å²) in [6.45, 7) is 3.71. The van der Waals surface area contributed by atoms with E-state index in [0.29, 0.717) is 22.8 Å². The molecular formula is C16H16ClNO2. The van der Waals surface area contributed by atoms with Gasteiger partial charge in [-0.3, -0.25) is 9.78 Å². The number of nitrogens with zero attached hydrogens (tertiary/aromatic N) is 1. The highest BCUT2D eigenvalue weighted by Gasteiger charge is 2.34. The number of hydrogen-bond acceptors (Lipinski definition) is 3. The van der Waals surface area contributed by atoms with E-state index in [1.54, 1.807) is 55.7 Å². The number of hydrogen-bond donors (Lipinski definition) is 0. The number of aromatic nitrogens is 1. The van der Waals surface area contributed by atoms with Crippen molar-refractivity contribution >= 4 is 17.4 Å². The first-order chi connectivity index (χ1) is 9.55. The summed E-state index contributed by atoms with van der Waals surface area (Å²) in [6.07, 6.45) is 3.75. The fourth-order valence-electron chi connectivity index (χ4n) is 1.84. The van der Waals surface area contributed by atoms with Gasteiger partial charge in [-0.15, -0.1) is 0 Å². The van der Waals surface area contributed by atoms with Crippen molar-refractivity contribution in [2.45, 2.75) is 25.9 Å². The molecule has 4 heteroatoms. The number of ether oxygens (including phenoxy) is 1. The van der Waals surface area contributed by atoms with Crippen molar-refractivity contribution in [3.63, 3.8) is 0 Å². The Morgan fingerprint density at radius 1 is 1.30 bits per heavy atom. The number of halogens is 1. The molecule has 0 aliphatic heterocycles. The van der Waals surface area contributed by atoms with E-state index >= 15 is 0 Å². The van der Waals surface area contributed by atoms with Gasteiger partial charge in [0.15, 0.2) is 5.60 Å². The summed E-state index contributed by atoms with van der Waals surface area (Å²) in [5.74, 6) is 0.541. The fourth-order valence-corrected chi connectivity index (χ4v) is 1.97. The second-order valence-electron chi connectivity index (χ2n) is 4.71. The van der Waals surface area contributed by atoms with E-state index in [0.717, 1.165) is 0 Å². The van der Waals surface area contributed by atoms with Crippen LogP contribution < -0.4 is 4.74 Å². The maximum absolute atomic E-state index is 12.6. The monoisotopic (exact) mass is 289 g/mol. The zero-order valence-corrected chi connectivity index (χ0v) is 12.2. The van der Waals surface area contributed by atoms with Gasteiger partial charge in [0.05, 0.1) is 0 Å². The van der Waals surface area contributed by atoms with Crippen molar-refractivity contribution in [3.8, 4) is 5.75 Å². The van der Waals surface area contributed by atoms with Crippen molar-refractivity contribution in [1.82, 2.24) is 4.98 Å². The van der Waals surface area contributed by atoms with E-state index in [1.165, 1.54) is 0 Å². The fraction of sp³-hybridized carbons (Fsp3) is 0.250. The van der Waals surface area contributed by atoms with E-state index in [9.17, 15) is 4.79 Å². The van der Waals surface area contributed by atoms with Crippen LogP contribution in [0.15, 0.2) is 48.8 Å². The standard InChI is InChI=1S/C16H16ClNO2/c1-3-16(2,15(19)12-5-4-10-18-11-12)20-14-8-6-13(17)7-9-14/h4-11H,3H2,1-2H3. The molecule has 0 spiro atoms. The lowest BCUT2D eigenvalue weighted by Gasteiger charge is -2.28. The Bertz CT molecular complexity index is 583. The average molecular weight is 290 g/mol. The van der Waals surface area contributed by atoms with E-state index in [-0.39, 0.29) is 5.78 Å². The Labute approximate surface area is 123 Å². The Morgan fingerprint density at radius 3 is 2.55 bits per heavy atom. The molecule has 1 aromatic heterocycles. The predicted octanol–water partition coefficient (Wildman–Crippen LogP) is 4.17. The van der Waals surface area contributed by atoms with Gasteiger partial charge in [-0.05, 0) is 49.7 Å². The third-order valence-electron chi connectivity index (χ3n) is 3.24. The highest BCUT2D eigenvalue weighted by atomic mass is 35.5. The van der Waals surface area contributed by atoms with Gasteiger partial charge in [0.25, 0.3) is 0 Å². The van der Waals surface area contributed by atoms with Crippen molar-refractivity contribution in [2.75, 3.05) is 0 Å². The molecule has 20 heavy (non-hydrogen) atoms. The van der Waals surface area contributed by atoms with Crippen LogP contribution in [-0.2, 0) is 0 Å². The summed E-state index contributed by atoms with van der Waals surface area (Å²) < 4.78 is 5.89. The summed E-state index contributed by atoms with van der Waals surface area (Å²) >= 11 is 5.84. The number of rotatable bonds is 5. The minimum Gasteiger partial charge on any atom is -0.479 e. The molecule has 1 atom stereocenters. The largest absolute Gasteiger partial charge is 0.479 e. The molecule has 0 saturated carbocycles. The third kappa shape index (κ3) is 3.17. The van der Waals surface area contributed by atoms with Crippen LogP contribution >= 0.6 is 11.6 Å². The minimum absolute atomic E-state index is 0.0805. The SMILES string of the molecule is CCC(C)(Oc1ccc(Cl)cc1)C(=O)c1cccnc1. The second-order valence-corrected chi connectivity index (χ2v) is 5.15. The van der Waals surface area contributed by atoms with Gasteiger partial charge >= 0.3 is 0 Å². The van der Waals surface area contributed by atoms with Crippen LogP contribution in [0.1, 0.15) is 30.6 Å². The molecule has 0 aliphatic carbocycles. The van der Waals surface area contributed by atoms with Crippen LogP contribution in [0, 0.1) is 0 Å². The number of carbonyl (C=O) groups is 1. The summed E-state index contributed by atoms with van der Waals surface area (Å²) in [5.41, 5.74) is -0.373. The Hall–Kier alpha value is -1.87. The van der Waals surface area contributed by atoms with Gasteiger partial charge in [-0.2, -0.15) is 0 Å². The summed E-state index contributed by atoms with van der Waals surface area (Å²) in [5, 5.41) is 0.633. The molecule has 0 bridgehead atoms. The molecule has 0 N–H and O–H groups in total. The van der Waals surface area contributed by atoms with Gasteiger partial charge in [0.2, 0.25) is 5.78 Å². The first-order valence-electron chi connectivity index (χ1n) is 6.44. The normalized spacial score (nSPS) is 13.6. The van der Waals surface area contributed by atoms with E-state index in [4.69, 9.17) is 16.3 Å². The van der Waals surface area contributed by atoms with Gasteiger partial charge in [-0.1, -0.05) is 18.5 Å². The molecule has 2 aromatic rings. The highest BCUT2D eigenvalue weighted by molar-refractivity contribution is 6.30. The average Bonchev–Trinajstić information content (AvgIpc) is 2.49. The highest BCUT2D eigenvalue weighted by Crippen LogP contribution is 2.26. The van der Waals surface area contributed by atoms with Crippen LogP contribution in [0.5, 0.6) is 5.75 Å². The van der Waals surface area contributed by atoms with Crippen molar-refractivity contribution in [3.05, 3.63) is 59.4 Å². The number of Topliss-reactive ketones (excluding diaryl/α,β-unsaturated/α-hetero) is 1. The Balaban J connectivity index is 2.25. The summed E-state index contributed by atoms with van der Waals surface area (Å²) in [6, 6.07) is 10.5. The molecule has 1 heterocycles. The zero-order chi connectivity index (χ0) is 14.6. The Kier molecular flexibility index (Phi) is 4.40. The molecule has 1 aromatic carbocycles. The number of benzene rings is 1. The van der Waals surface area contributed by atoms with Gasteiger partial charge in [0.1, 0.15) is 5.75 Å². The van der Waals surface area contributed by atoms with Gasteiger partial charge < -0.3 is 4.74 Å². The molecular weight excluding hydrogens is 274 g/mol. The molecule has 0 fully saturated rings. The zero-order valence-electron chi connectivity index (χ0n) is 11.5. The Morgan fingerprint density at radius 2 is 2.00 bits per heavy atom. The van der Waals surface area contributed by atoms with Crippen molar-refractivity contribution in [1.29, 1.82) is 0 Å². The van der Waals surface area contributed by atoms with E-state index in [1.807, 2.05) is 6.92 Å². The third-order valence-corrected chi connectivity index (χ3v) is 3.49. The van der Waals surface area contributed by atoms with Gasteiger partial charge in [0, 0.05) is 23.0 Å². The lowest BCUT2D eigenvalue weighted by molar-refractivity contribution is 0.0504. The lowest BCUT2D eigenvalue weighted by atomic mass is 9.93. The van der Waals surface area contributed by atoms with Crippen LogP contribution in [0.2, 0.25) is 5.02 Å². The molecule has 3 nitrogen and oxygen atoms in total. The van der Waals surface area contributed by atoms with Crippen LogP contribution in [0.25, 0.3) is 0 Å². The first-order valence-corrected chi connectivity index (χ1v) is 6.82. The van der Waals surface area contributed by atoms with Crippen LogP contribution in [0.3, 0.4) is 0 Å². The van der Waals surface area contributed by atoms with Crippen LogP contribution in [-0.4, -0.2) is 16.4 Å². The maximum atomic E-state index is 12.6. The van der Waals surface area contributed by atoms with Crippen molar-refractivity contribution < 1.29 is 9.53 Å². The molecule has 0 aliphatic rings. The number of pyridine rings is 1.